The number of aliphatic carboxylic acids is 1. The highest BCUT2D eigenvalue weighted by Crippen LogP contribution is 2.33. The predicted molar refractivity (Wildman–Crippen MR) is 121 cm³/mol. The van der Waals surface area contributed by atoms with E-state index < -0.39 is 72.8 Å². The van der Waals surface area contributed by atoms with Gasteiger partial charge in [0.05, 0.1) is 12.6 Å². The van der Waals surface area contributed by atoms with E-state index in [0.717, 1.165) is 47.4 Å². The maximum Gasteiger partial charge on any atom is 0.340 e. The van der Waals surface area contributed by atoms with Gasteiger partial charge in [-0.1, -0.05) is 6.07 Å². The van der Waals surface area contributed by atoms with Crippen LogP contribution in [0.2, 0.25) is 0 Å². The summed E-state index contributed by atoms with van der Waals surface area (Å²) in [4.78, 5) is 29.5. The van der Waals surface area contributed by atoms with Crippen LogP contribution in [-0.4, -0.2) is 73.3 Å². The molecule has 9 nitrogen and oxygen atoms in total. The lowest BCUT2D eigenvalue weighted by atomic mass is 9.85. The Bertz CT molecular complexity index is 1290. The number of halogens is 6. The van der Waals surface area contributed by atoms with Crippen LogP contribution < -0.4 is 4.74 Å². The fourth-order valence-electron chi connectivity index (χ4n) is 3.73. The SMILES string of the molecule is C[C@@H](N(CC(=O)O)C(=O)c1ccc(OCC(F)(F)C(F)F)cc1)[C@](O)(Cn1cncn1)c1ccc(F)cc1F. The number of aromatic nitrogens is 3. The highest BCUT2D eigenvalue weighted by atomic mass is 19.3. The summed E-state index contributed by atoms with van der Waals surface area (Å²) >= 11 is 0. The summed E-state index contributed by atoms with van der Waals surface area (Å²) in [5, 5.41) is 25.0. The number of amides is 1. The van der Waals surface area contributed by atoms with Crippen LogP contribution in [0, 0.1) is 11.6 Å². The van der Waals surface area contributed by atoms with Gasteiger partial charge in [-0.2, -0.15) is 13.9 Å². The number of carboxylic acid groups (broad SMARTS) is 1. The van der Waals surface area contributed by atoms with Gasteiger partial charge in [0.25, 0.3) is 5.91 Å². The number of carbonyl (C=O) groups is 2. The minimum Gasteiger partial charge on any atom is -0.487 e. The first-order chi connectivity index (χ1) is 18.2. The molecule has 0 saturated carbocycles. The molecule has 1 heterocycles. The smallest absolute Gasteiger partial charge is 0.340 e. The third-order valence-electron chi connectivity index (χ3n) is 5.84. The van der Waals surface area contributed by atoms with Crippen molar-refractivity contribution in [1.82, 2.24) is 19.7 Å². The molecule has 2 N–H and O–H groups in total. The van der Waals surface area contributed by atoms with Gasteiger partial charge in [0.1, 0.15) is 42.2 Å². The minimum atomic E-state index is -4.41. The molecule has 0 bridgehead atoms. The van der Waals surface area contributed by atoms with E-state index >= 15 is 0 Å². The van der Waals surface area contributed by atoms with Crippen LogP contribution in [-0.2, 0) is 16.9 Å². The van der Waals surface area contributed by atoms with Gasteiger partial charge in [-0.15, -0.1) is 0 Å². The van der Waals surface area contributed by atoms with E-state index in [-0.39, 0.29) is 11.3 Å². The molecule has 2 aromatic carbocycles. The van der Waals surface area contributed by atoms with E-state index in [0.29, 0.717) is 11.0 Å². The second-order valence-electron chi connectivity index (χ2n) is 8.52. The number of nitrogens with zero attached hydrogens (tertiary/aromatic N) is 4. The first kappa shape index (κ1) is 29.4. The van der Waals surface area contributed by atoms with Crippen LogP contribution in [0.4, 0.5) is 26.3 Å². The van der Waals surface area contributed by atoms with Crippen LogP contribution in [0.5, 0.6) is 5.75 Å². The number of ether oxygens (including phenoxy) is 1. The number of hydrogen-bond donors (Lipinski definition) is 2. The molecule has 0 fully saturated rings. The number of benzene rings is 2. The number of rotatable bonds is 12. The highest BCUT2D eigenvalue weighted by Gasteiger charge is 2.44. The Hall–Kier alpha value is -4.14. The molecule has 0 aliphatic rings. The Labute approximate surface area is 217 Å². The molecule has 3 aromatic rings. The quantitative estimate of drug-likeness (QED) is 0.327. The Morgan fingerprint density at radius 3 is 2.33 bits per heavy atom. The minimum absolute atomic E-state index is 0.196. The Kier molecular flexibility index (Phi) is 8.84. The molecule has 0 spiro atoms. The lowest BCUT2D eigenvalue weighted by Gasteiger charge is -2.40. The van der Waals surface area contributed by atoms with Crippen molar-refractivity contribution in [2.45, 2.75) is 37.5 Å². The molecule has 0 radical (unpaired) electrons. The summed E-state index contributed by atoms with van der Waals surface area (Å²) in [6.07, 6.45) is -1.65. The number of aliphatic hydroxyl groups is 1. The number of alkyl halides is 4. The van der Waals surface area contributed by atoms with Crippen molar-refractivity contribution in [1.29, 1.82) is 0 Å². The number of hydrogen-bond acceptors (Lipinski definition) is 6. The van der Waals surface area contributed by atoms with Crippen LogP contribution >= 0.6 is 0 Å². The largest absolute Gasteiger partial charge is 0.487 e. The molecule has 0 aliphatic carbocycles. The first-order valence-electron chi connectivity index (χ1n) is 11.2. The van der Waals surface area contributed by atoms with Gasteiger partial charge < -0.3 is 19.8 Å². The number of carbonyl (C=O) groups excluding carboxylic acids is 1. The lowest BCUT2D eigenvalue weighted by Crippen LogP contribution is -2.55. The molecule has 3 rings (SSSR count). The Morgan fingerprint density at radius 1 is 1.13 bits per heavy atom. The van der Waals surface area contributed by atoms with Gasteiger partial charge >= 0.3 is 18.3 Å². The fourth-order valence-corrected chi connectivity index (χ4v) is 3.73. The molecular weight excluding hydrogens is 538 g/mol. The van der Waals surface area contributed by atoms with Gasteiger partial charge in [0.2, 0.25) is 0 Å². The van der Waals surface area contributed by atoms with Crippen molar-refractivity contribution < 1.29 is 50.9 Å². The topological polar surface area (TPSA) is 118 Å². The highest BCUT2D eigenvalue weighted by molar-refractivity contribution is 5.96. The summed E-state index contributed by atoms with van der Waals surface area (Å²) in [5.41, 5.74) is -3.02. The van der Waals surface area contributed by atoms with E-state index in [2.05, 4.69) is 14.8 Å². The maximum absolute atomic E-state index is 14.9. The molecule has 0 aliphatic heterocycles. The third kappa shape index (κ3) is 6.85. The average Bonchev–Trinajstić information content (AvgIpc) is 3.38. The molecule has 15 heteroatoms. The standard InChI is InChI=1S/C24H22F6N4O5/c1-14(23(38,10-33-13-31-12-32-33)18-7-4-16(25)8-19(18)26)34(9-20(35)36)21(37)15-2-5-17(6-3-15)39-11-24(29,30)22(27)28/h2-8,12-14,22,38H,9-11H2,1H3,(H,35,36)/t14-,23-/m1/s1. The maximum atomic E-state index is 14.9. The zero-order valence-corrected chi connectivity index (χ0v) is 20.1. The number of carboxylic acids is 1. The van der Waals surface area contributed by atoms with Gasteiger partial charge in [0.15, 0.2) is 6.61 Å². The fraction of sp³-hybridized carbons (Fsp3) is 0.333. The Morgan fingerprint density at radius 2 is 1.79 bits per heavy atom. The Balaban J connectivity index is 1.95. The van der Waals surface area contributed by atoms with E-state index in [1.807, 2.05) is 0 Å². The average molecular weight is 560 g/mol. The molecular formula is C24H22F6N4O5. The first-order valence-corrected chi connectivity index (χ1v) is 11.2. The van der Waals surface area contributed by atoms with Crippen molar-refractivity contribution >= 4 is 11.9 Å². The van der Waals surface area contributed by atoms with E-state index in [1.165, 1.54) is 13.3 Å². The monoisotopic (exact) mass is 560 g/mol. The second-order valence-corrected chi connectivity index (χ2v) is 8.52. The molecule has 0 unspecified atom stereocenters. The van der Waals surface area contributed by atoms with E-state index in [4.69, 9.17) is 0 Å². The van der Waals surface area contributed by atoms with Crippen molar-refractivity contribution in [3.05, 3.63) is 77.9 Å². The van der Waals surface area contributed by atoms with Crippen LogP contribution in [0.15, 0.2) is 55.1 Å². The summed E-state index contributed by atoms with van der Waals surface area (Å²) in [6, 6.07) is 5.03. The van der Waals surface area contributed by atoms with Gasteiger partial charge in [-0.05, 0) is 37.3 Å². The zero-order valence-electron chi connectivity index (χ0n) is 20.1. The molecule has 1 aromatic heterocycles. The summed E-state index contributed by atoms with van der Waals surface area (Å²) in [5.74, 6) is -9.28. The van der Waals surface area contributed by atoms with Crippen LogP contribution in [0.1, 0.15) is 22.8 Å². The second kappa shape index (κ2) is 11.7. The van der Waals surface area contributed by atoms with E-state index in [9.17, 15) is 46.1 Å². The molecule has 39 heavy (non-hydrogen) atoms. The van der Waals surface area contributed by atoms with Crippen molar-refractivity contribution in [3.8, 4) is 5.75 Å². The molecule has 0 saturated heterocycles. The summed E-state index contributed by atoms with van der Waals surface area (Å²) in [6.45, 7) is -1.88. The third-order valence-corrected chi connectivity index (χ3v) is 5.84. The molecule has 1 amide bonds. The molecule has 210 valence electrons. The van der Waals surface area contributed by atoms with Gasteiger partial charge in [-0.3, -0.25) is 9.59 Å². The summed E-state index contributed by atoms with van der Waals surface area (Å²) < 4.78 is 85.1. The van der Waals surface area contributed by atoms with Crippen LogP contribution in [0.25, 0.3) is 0 Å². The van der Waals surface area contributed by atoms with Crippen molar-refractivity contribution in [2.24, 2.45) is 0 Å². The van der Waals surface area contributed by atoms with Crippen LogP contribution in [0.3, 0.4) is 0 Å². The van der Waals surface area contributed by atoms with Crippen molar-refractivity contribution in [2.75, 3.05) is 13.2 Å². The van der Waals surface area contributed by atoms with Crippen molar-refractivity contribution in [3.63, 3.8) is 0 Å². The predicted octanol–water partition coefficient (Wildman–Crippen LogP) is 3.34. The van der Waals surface area contributed by atoms with Gasteiger partial charge in [-0.25, -0.2) is 27.2 Å². The lowest BCUT2D eigenvalue weighted by molar-refractivity contribution is -0.148. The molecule has 2 atom stereocenters. The van der Waals surface area contributed by atoms with E-state index in [1.54, 1.807) is 0 Å². The zero-order chi connectivity index (χ0) is 29.0. The normalized spacial score (nSPS) is 14.1. The van der Waals surface area contributed by atoms with Gasteiger partial charge in [0, 0.05) is 17.2 Å². The summed E-state index contributed by atoms with van der Waals surface area (Å²) in [7, 11) is 0.